The minimum absolute atomic E-state index is 0.107. The minimum Gasteiger partial charge on any atom is -0.326 e. The van der Waals surface area contributed by atoms with Crippen LogP contribution in [0.4, 0.5) is 8.78 Å². The van der Waals surface area contributed by atoms with Gasteiger partial charge in [-0.05, 0) is 37.3 Å². The van der Waals surface area contributed by atoms with Crippen LogP contribution in [0.1, 0.15) is 36.7 Å². The molecule has 3 heterocycles. The second-order valence-electron chi connectivity index (χ2n) is 6.09. The minimum atomic E-state index is -2.80. The van der Waals surface area contributed by atoms with Crippen molar-refractivity contribution in [3.8, 4) is 0 Å². The molecule has 2 aliphatic heterocycles. The maximum Gasteiger partial charge on any atom is 0.345 e. The lowest BCUT2D eigenvalue weighted by molar-refractivity contribution is -0.196. The Morgan fingerprint density at radius 3 is 3.00 bits per heavy atom. The van der Waals surface area contributed by atoms with Crippen molar-refractivity contribution in [2.45, 2.75) is 44.4 Å². The number of alkyl halides is 2. The highest BCUT2D eigenvalue weighted by molar-refractivity contribution is 5.94. The van der Waals surface area contributed by atoms with Crippen molar-refractivity contribution >= 4 is 5.91 Å². The summed E-state index contributed by atoms with van der Waals surface area (Å²) in [6, 6.07) is 5.26. The predicted molar refractivity (Wildman–Crippen MR) is 71.9 cm³/mol. The van der Waals surface area contributed by atoms with Gasteiger partial charge < -0.3 is 9.64 Å². The number of hydrogen-bond donors (Lipinski definition) is 0. The van der Waals surface area contributed by atoms with E-state index in [1.54, 1.807) is 29.3 Å². The van der Waals surface area contributed by atoms with Gasteiger partial charge in [0.25, 0.3) is 5.91 Å². The number of pyridine rings is 1. The molecule has 4 rings (SSSR count). The highest BCUT2D eigenvalue weighted by Crippen LogP contribution is 2.50. The first-order valence-electron chi connectivity index (χ1n) is 7.16. The molecule has 3 atom stereocenters. The fourth-order valence-electron chi connectivity index (χ4n) is 3.87. The molecule has 1 aromatic heterocycles. The Labute approximate surface area is 122 Å². The average molecular weight is 296 g/mol. The lowest BCUT2D eigenvalue weighted by atomic mass is 9.64. The van der Waals surface area contributed by atoms with E-state index in [4.69, 9.17) is 0 Å². The van der Waals surface area contributed by atoms with Gasteiger partial charge in [0, 0.05) is 12.2 Å². The van der Waals surface area contributed by atoms with Gasteiger partial charge in [0.15, 0.2) is 0 Å². The fourth-order valence-corrected chi connectivity index (χ4v) is 3.87. The Morgan fingerprint density at radius 2 is 2.33 bits per heavy atom. The first kappa shape index (κ1) is 14.4. The first-order valence-corrected chi connectivity index (χ1v) is 7.16. The molecular formula is C15H18F2N2O2. The van der Waals surface area contributed by atoms with Gasteiger partial charge in [-0.25, -0.2) is 0 Å². The maximum absolute atomic E-state index is 12.6. The highest BCUT2D eigenvalue weighted by Gasteiger charge is 2.58. The van der Waals surface area contributed by atoms with Gasteiger partial charge in [0.1, 0.15) is 5.69 Å². The Bertz CT molecular complexity index is 526. The molecule has 0 aromatic carbocycles. The average Bonchev–Trinajstić information content (AvgIpc) is 2.45. The number of fused-ring (bicyclic) bond motifs is 2. The van der Waals surface area contributed by atoms with Gasteiger partial charge in [-0.1, -0.05) is 13.0 Å². The molecular weight excluding hydrogens is 278 g/mol. The molecule has 3 fully saturated rings. The van der Waals surface area contributed by atoms with Gasteiger partial charge >= 0.3 is 6.61 Å². The summed E-state index contributed by atoms with van der Waals surface area (Å²) in [5.74, 6) is 0.231. The summed E-state index contributed by atoms with van der Waals surface area (Å²) >= 11 is 0. The molecule has 21 heavy (non-hydrogen) atoms. The second-order valence-corrected chi connectivity index (χ2v) is 6.09. The molecule has 0 N–H and O–H groups in total. The van der Waals surface area contributed by atoms with Crippen molar-refractivity contribution in [3.63, 3.8) is 0 Å². The summed E-state index contributed by atoms with van der Waals surface area (Å²) < 4.78 is 29.3. The molecule has 1 aliphatic carbocycles. The molecule has 1 unspecified atom stereocenters. The number of hydrogen-bond acceptors (Lipinski definition) is 3. The maximum atomic E-state index is 12.6. The van der Waals surface area contributed by atoms with E-state index >= 15 is 0 Å². The van der Waals surface area contributed by atoms with E-state index in [-0.39, 0.29) is 18.6 Å². The number of amides is 1. The number of carbonyl (C=O) groups excluding carboxylic acids is 1. The number of halogens is 2. The van der Waals surface area contributed by atoms with Crippen LogP contribution in [-0.4, -0.2) is 40.6 Å². The third kappa shape index (κ3) is 2.52. The van der Waals surface area contributed by atoms with Crippen molar-refractivity contribution in [2.75, 3.05) is 6.61 Å². The summed E-state index contributed by atoms with van der Waals surface area (Å²) in [6.07, 6.45) is 3.92. The van der Waals surface area contributed by atoms with Gasteiger partial charge in [-0.15, -0.1) is 0 Å². The number of nitrogens with zero attached hydrogens (tertiary/aromatic N) is 2. The van der Waals surface area contributed by atoms with E-state index in [0.29, 0.717) is 18.0 Å². The van der Waals surface area contributed by atoms with Crippen LogP contribution in [0.5, 0.6) is 0 Å². The molecule has 0 spiro atoms. The van der Waals surface area contributed by atoms with E-state index in [2.05, 4.69) is 16.6 Å². The molecule has 1 aromatic rings. The normalized spacial score (nSPS) is 31.1. The zero-order valence-corrected chi connectivity index (χ0v) is 11.8. The molecule has 1 saturated carbocycles. The zero-order valence-electron chi connectivity index (χ0n) is 11.8. The van der Waals surface area contributed by atoms with Crippen LogP contribution in [0.3, 0.4) is 0 Å². The van der Waals surface area contributed by atoms with Gasteiger partial charge in [-0.3, -0.25) is 9.78 Å². The molecule has 1 amide bonds. The molecule has 114 valence electrons. The van der Waals surface area contributed by atoms with Crippen LogP contribution in [0.25, 0.3) is 0 Å². The van der Waals surface area contributed by atoms with E-state index in [1.165, 1.54) is 0 Å². The number of ether oxygens (including phenoxy) is 1. The van der Waals surface area contributed by atoms with Crippen LogP contribution in [0, 0.1) is 5.92 Å². The molecule has 6 heteroatoms. The zero-order chi connectivity index (χ0) is 15.0. The number of aromatic nitrogens is 1. The van der Waals surface area contributed by atoms with Crippen LogP contribution < -0.4 is 0 Å². The third-order valence-electron chi connectivity index (χ3n) is 4.48. The van der Waals surface area contributed by atoms with Gasteiger partial charge in [-0.2, -0.15) is 8.78 Å². The number of carbonyl (C=O) groups is 1. The largest absolute Gasteiger partial charge is 0.345 e. The molecule has 2 bridgehead atoms. The van der Waals surface area contributed by atoms with E-state index in [0.717, 1.165) is 12.8 Å². The summed E-state index contributed by atoms with van der Waals surface area (Å²) in [5, 5.41) is 0. The monoisotopic (exact) mass is 296 g/mol. The summed E-state index contributed by atoms with van der Waals surface area (Å²) in [5.41, 5.74) is -0.230. The number of piperidine rings is 1. The Kier molecular flexibility index (Phi) is 3.65. The van der Waals surface area contributed by atoms with E-state index in [9.17, 15) is 13.6 Å². The van der Waals surface area contributed by atoms with Crippen molar-refractivity contribution in [1.82, 2.24) is 9.88 Å². The van der Waals surface area contributed by atoms with Crippen LogP contribution in [0.2, 0.25) is 0 Å². The van der Waals surface area contributed by atoms with E-state index < -0.39 is 12.2 Å². The second kappa shape index (κ2) is 5.33. The first-order chi connectivity index (χ1) is 10.0. The molecule has 2 saturated heterocycles. The van der Waals surface area contributed by atoms with Crippen molar-refractivity contribution in [3.05, 3.63) is 30.1 Å². The van der Waals surface area contributed by atoms with Gasteiger partial charge in [0.05, 0.1) is 12.1 Å². The molecule has 0 radical (unpaired) electrons. The Morgan fingerprint density at radius 1 is 1.52 bits per heavy atom. The smallest absolute Gasteiger partial charge is 0.326 e. The molecule has 4 nitrogen and oxygen atoms in total. The Hall–Kier alpha value is -1.56. The summed E-state index contributed by atoms with van der Waals surface area (Å²) in [6.45, 7) is -0.821. The van der Waals surface area contributed by atoms with Crippen LogP contribution in [-0.2, 0) is 4.74 Å². The third-order valence-corrected chi connectivity index (χ3v) is 4.48. The fraction of sp³-hybridized carbons (Fsp3) is 0.600. The summed E-state index contributed by atoms with van der Waals surface area (Å²) in [7, 11) is 0. The van der Waals surface area contributed by atoms with Gasteiger partial charge in [0.2, 0.25) is 0 Å². The van der Waals surface area contributed by atoms with Crippen LogP contribution in [0.15, 0.2) is 24.4 Å². The van der Waals surface area contributed by atoms with Crippen LogP contribution >= 0.6 is 0 Å². The number of rotatable bonds is 4. The highest BCUT2D eigenvalue weighted by atomic mass is 19.3. The van der Waals surface area contributed by atoms with E-state index in [1.807, 2.05) is 0 Å². The topological polar surface area (TPSA) is 42.4 Å². The lowest BCUT2D eigenvalue weighted by Gasteiger charge is -2.63. The van der Waals surface area contributed by atoms with Crippen molar-refractivity contribution in [2.24, 2.45) is 5.92 Å². The standard InChI is InChI=1S/C15H18F2N2O2/c1-10-6-11-8-15(7-10,9-21-14(16)17)19(11)13(20)12-4-2-3-5-18-12/h2-5,10-11,14H,6-9H2,1H3/t10-,11?,15+/m1/s1. The van der Waals surface area contributed by atoms with Crippen molar-refractivity contribution in [1.29, 1.82) is 0 Å². The lowest BCUT2D eigenvalue weighted by Crippen LogP contribution is -2.73. The predicted octanol–water partition coefficient (Wildman–Crippen LogP) is 2.70. The SMILES string of the molecule is C[C@@H]1CC2C[C@](COC(F)F)(C1)N2C(=O)c1ccccn1. The quantitative estimate of drug-likeness (QED) is 0.858. The Balaban J connectivity index is 1.81. The van der Waals surface area contributed by atoms with Crippen molar-refractivity contribution < 1.29 is 18.3 Å². The summed E-state index contributed by atoms with van der Waals surface area (Å²) in [4.78, 5) is 18.4. The molecule has 3 aliphatic rings.